The van der Waals surface area contributed by atoms with Crippen molar-refractivity contribution in [3.05, 3.63) is 0 Å². The van der Waals surface area contributed by atoms with Crippen LogP contribution in [0.3, 0.4) is 0 Å². The Morgan fingerprint density at radius 2 is 1.20 bits per heavy atom. The van der Waals surface area contributed by atoms with E-state index in [0.717, 1.165) is 38.0 Å². The second kappa shape index (κ2) is 20.1. The highest BCUT2D eigenvalue weighted by atomic mass is 35.5. The van der Waals surface area contributed by atoms with Crippen LogP contribution < -0.4 is 0 Å². The summed E-state index contributed by atoms with van der Waals surface area (Å²) in [7, 11) is 0. The fourth-order valence-electron chi connectivity index (χ4n) is 3.18. The van der Waals surface area contributed by atoms with Crippen molar-refractivity contribution in [2.75, 3.05) is 5.88 Å². The van der Waals surface area contributed by atoms with Crippen LogP contribution in [0.4, 0.5) is 0 Å². The zero-order valence-corrected chi connectivity index (χ0v) is 17.8. The Bertz CT molecular complexity index is 269. The molecule has 0 saturated heterocycles. The summed E-state index contributed by atoms with van der Waals surface area (Å²) in [6, 6.07) is 0. The zero-order valence-electron chi connectivity index (χ0n) is 17.0. The third kappa shape index (κ3) is 18.4. The number of rotatable bonds is 19. The van der Waals surface area contributed by atoms with Gasteiger partial charge in [0, 0.05) is 12.3 Å². The molecule has 0 aliphatic rings. The molecule has 0 rings (SSSR count). The van der Waals surface area contributed by atoms with Crippen LogP contribution in [-0.4, -0.2) is 18.0 Å². The van der Waals surface area contributed by atoms with Gasteiger partial charge in [-0.05, 0) is 38.5 Å². The van der Waals surface area contributed by atoms with E-state index >= 15 is 0 Å². The number of halogens is 1. The normalized spacial score (nSPS) is 11.2. The number of alkyl halides is 1. The second-order valence-electron chi connectivity index (χ2n) is 7.37. The molecule has 150 valence electrons. The minimum Gasteiger partial charge on any atom is -0.462 e. The van der Waals surface area contributed by atoms with E-state index in [9.17, 15) is 4.79 Å². The Kier molecular flexibility index (Phi) is 19.9. The molecule has 0 aromatic heterocycles. The summed E-state index contributed by atoms with van der Waals surface area (Å²) in [5, 5.41) is 0. The molecule has 0 radical (unpaired) electrons. The predicted octanol–water partition coefficient (Wildman–Crippen LogP) is 7.81. The van der Waals surface area contributed by atoms with Gasteiger partial charge in [0.1, 0.15) is 6.10 Å². The van der Waals surface area contributed by atoms with Crippen molar-refractivity contribution in [2.45, 2.75) is 129 Å². The smallest absolute Gasteiger partial charge is 0.306 e. The maximum absolute atomic E-state index is 12.1. The Morgan fingerprint density at radius 3 is 1.72 bits per heavy atom. The summed E-state index contributed by atoms with van der Waals surface area (Å²) in [5.74, 6) is 0.793. The van der Waals surface area contributed by atoms with Crippen molar-refractivity contribution in [1.29, 1.82) is 0 Å². The summed E-state index contributed by atoms with van der Waals surface area (Å²) in [6.45, 7) is 4.47. The molecule has 3 heteroatoms. The zero-order chi connectivity index (χ0) is 18.6. The van der Waals surface area contributed by atoms with Gasteiger partial charge in [0.2, 0.25) is 0 Å². The van der Waals surface area contributed by atoms with E-state index in [2.05, 4.69) is 13.8 Å². The molecule has 0 aromatic carbocycles. The van der Waals surface area contributed by atoms with E-state index in [-0.39, 0.29) is 12.1 Å². The number of hydrogen-bond donors (Lipinski definition) is 0. The molecule has 0 aliphatic heterocycles. The number of carbonyl (C=O) groups is 1. The van der Waals surface area contributed by atoms with Crippen molar-refractivity contribution in [3.8, 4) is 0 Å². The van der Waals surface area contributed by atoms with Crippen LogP contribution in [0.15, 0.2) is 0 Å². The lowest BCUT2D eigenvalue weighted by atomic mass is 10.0. The Hall–Kier alpha value is -0.240. The van der Waals surface area contributed by atoms with E-state index in [1.807, 2.05) is 0 Å². The van der Waals surface area contributed by atoms with Crippen LogP contribution in [0.1, 0.15) is 123 Å². The number of hydrogen-bond acceptors (Lipinski definition) is 2. The van der Waals surface area contributed by atoms with Crippen LogP contribution in [0, 0.1) is 0 Å². The molecule has 0 N–H and O–H groups in total. The summed E-state index contributed by atoms with van der Waals surface area (Å²) in [4.78, 5) is 12.1. The minimum absolute atomic E-state index is 0.0248. The minimum atomic E-state index is 0.0248. The predicted molar refractivity (Wildman–Crippen MR) is 110 cm³/mol. The molecule has 0 fully saturated rings. The first-order valence-electron chi connectivity index (χ1n) is 11.0. The third-order valence-electron chi connectivity index (χ3n) is 4.82. The average molecular weight is 375 g/mol. The van der Waals surface area contributed by atoms with Gasteiger partial charge in [0.15, 0.2) is 0 Å². The monoisotopic (exact) mass is 374 g/mol. The van der Waals surface area contributed by atoms with Crippen LogP contribution in [0.2, 0.25) is 0 Å². The first kappa shape index (κ1) is 24.8. The molecule has 0 bridgehead atoms. The second-order valence-corrected chi connectivity index (χ2v) is 7.75. The van der Waals surface area contributed by atoms with Gasteiger partial charge in [0.05, 0.1) is 0 Å². The molecule has 0 atom stereocenters. The van der Waals surface area contributed by atoms with E-state index in [0.29, 0.717) is 6.42 Å². The lowest BCUT2D eigenvalue weighted by Gasteiger charge is -2.18. The average Bonchev–Trinajstić information content (AvgIpc) is 2.61. The molecular weight excluding hydrogens is 332 g/mol. The van der Waals surface area contributed by atoms with Gasteiger partial charge in [-0.15, -0.1) is 11.6 Å². The van der Waals surface area contributed by atoms with E-state index in [4.69, 9.17) is 16.3 Å². The van der Waals surface area contributed by atoms with Crippen molar-refractivity contribution in [3.63, 3.8) is 0 Å². The summed E-state index contributed by atoms with van der Waals surface area (Å²) < 4.78 is 5.80. The van der Waals surface area contributed by atoms with Gasteiger partial charge in [-0.3, -0.25) is 4.79 Å². The highest BCUT2D eigenvalue weighted by Crippen LogP contribution is 2.17. The molecule has 0 aliphatic carbocycles. The fourth-order valence-corrected chi connectivity index (χ4v) is 3.36. The van der Waals surface area contributed by atoms with Gasteiger partial charge in [-0.2, -0.15) is 0 Å². The quantitative estimate of drug-likeness (QED) is 0.131. The number of carbonyl (C=O) groups excluding carboxylic acids is 1. The summed E-state index contributed by atoms with van der Waals surface area (Å²) in [6.07, 6.45) is 19.7. The van der Waals surface area contributed by atoms with Gasteiger partial charge >= 0.3 is 5.97 Å². The molecule has 0 heterocycles. The van der Waals surface area contributed by atoms with Crippen molar-refractivity contribution in [2.24, 2.45) is 0 Å². The van der Waals surface area contributed by atoms with Gasteiger partial charge < -0.3 is 4.74 Å². The Morgan fingerprint density at radius 1 is 0.720 bits per heavy atom. The van der Waals surface area contributed by atoms with E-state index < -0.39 is 0 Å². The molecule has 0 amide bonds. The van der Waals surface area contributed by atoms with Crippen LogP contribution in [0.5, 0.6) is 0 Å². The first-order valence-corrected chi connectivity index (χ1v) is 11.5. The largest absolute Gasteiger partial charge is 0.462 e. The molecule has 0 spiro atoms. The molecule has 0 saturated carbocycles. The van der Waals surface area contributed by atoms with Crippen molar-refractivity contribution >= 4 is 17.6 Å². The number of ether oxygens (including phenoxy) is 1. The highest BCUT2D eigenvalue weighted by Gasteiger charge is 2.14. The molecule has 0 unspecified atom stereocenters. The molecule has 2 nitrogen and oxygen atoms in total. The van der Waals surface area contributed by atoms with Gasteiger partial charge in [-0.1, -0.05) is 78.1 Å². The maximum Gasteiger partial charge on any atom is 0.306 e. The molecule has 25 heavy (non-hydrogen) atoms. The topological polar surface area (TPSA) is 26.3 Å². The standard InChI is InChI=1S/C22H43ClO2/c1-3-5-7-13-17-21(18-14-8-6-4-2)25-22(24)19-15-11-9-10-12-16-20-23/h21H,3-20H2,1-2H3. The van der Waals surface area contributed by atoms with E-state index in [1.54, 1.807) is 0 Å². The summed E-state index contributed by atoms with van der Waals surface area (Å²) >= 11 is 5.68. The summed E-state index contributed by atoms with van der Waals surface area (Å²) in [5.41, 5.74) is 0. The number of esters is 1. The van der Waals surface area contributed by atoms with Crippen LogP contribution in [0.25, 0.3) is 0 Å². The third-order valence-corrected chi connectivity index (χ3v) is 5.09. The fraction of sp³-hybridized carbons (Fsp3) is 0.955. The molecule has 0 aromatic rings. The van der Waals surface area contributed by atoms with Crippen LogP contribution >= 0.6 is 11.6 Å². The molecular formula is C22H43ClO2. The SMILES string of the molecule is CCCCCCC(CCCCCC)OC(=O)CCCCCCCCCl. The van der Waals surface area contributed by atoms with Gasteiger partial charge in [0.25, 0.3) is 0 Å². The lowest BCUT2D eigenvalue weighted by molar-refractivity contribution is -0.150. The lowest BCUT2D eigenvalue weighted by Crippen LogP contribution is -2.18. The first-order chi connectivity index (χ1) is 12.2. The van der Waals surface area contributed by atoms with Gasteiger partial charge in [-0.25, -0.2) is 0 Å². The Labute approximate surface area is 162 Å². The Balaban J connectivity index is 3.87. The number of unbranched alkanes of at least 4 members (excludes halogenated alkanes) is 11. The van der Waals surface area contributed by atoms with E-state index in [1.165, 1.54) is 70.6 Å². The maximum atomic E-state index is 12.1. The van der Waals surface area contributed by atoms with Crippen molar-refractivity contribution in [1.82, 2.24) is 0 Å². The highest BCUT2D eigenvalue weighted by molar-refractivity contribution is 6.17. The van der Waals surface area contributed by atoms with Crippen molar-refractivity contribution < 1.29 is 9.53 Å². The van der Waals surface area contributed by atoms with Crippen LogP contribution in [-0.2, 0) is 9.53 Å².